The molecular formula is C16H28N2O. The van der Waals surface area contributed by atoms with E-state index in [1.54, 1.807) is 7.11 Å². The molecule has 0 aliphatic rings. The summed E-state index contributed by atoms with van der Waals surface area (Å²) < 4.78 is 5.43. The van der Waals surface area contributed by atoms with Crippen LogP contribution >= 0.6 is 0 Å². The Kier molecular flexibility index (Phi) is 5.83. The molecule has 0 atom stereocenters. The molecule has 0 spiro atoms. The predicted octanol–water partition coefficient (Wildman–Crippen LogP) is 2.81. The summed E-state index contributed by atoms with van der Waals surface area (Å²) in [4.78, 5) is 2.34. The maximum absolute atomic E-state index is 5.67. The quantitative estimate of drug-likeness (QED) is 0.823. The lowest BCUT2D eigenvalue weighted by atomic mass is 9.89. The summed E-state index contributed by atoms with van der Waals surface area (Å²) in [6, 6.07) is 6.33. The van der Waals surface area contributed by atoms with Gasteiger partial charge in [0.15, 0.2) is 0 Å². The molecule has 3 nitrogen and oxygen atoms in total. The van der Waals surface area contributed by atoms with E-state index in [9.17, 15) is 0 Å². The Morgan fingerprint density at radius 1 is 1.32 bits per heavy atom. The summed E-state index contributed by atoms with van der Waals surface area (Å²) in [5.41, 5.74) is 8.43. The molecule has 0 fully saturated rings. The summed E-state index contributed by atoms with van der Waals surface area (Å²) in [7, 11) is 3.88. The van der Waals surface area contributed by atoms with Crippen LogP contribution in [0.1, 0.15) is 31.4 Å². The zero-order valence-electron chi connectivity index (χ0n) is 13.0. The standard InChI is InChI=1S/C16H28N2O/c1-13-6-7-15(19-5)14(10-13)11-18(4)12-16(2,3)8-9-17/h6-7,10H,8-9,11-12,17H2,1-5H3. The number of nitrogens with zero attached hydrogens (tertiary/aromatic N) is 1. The van der Waals surface area contributed by atoms with Gasteiger partial charge < -0.3 is 15.4 Å². The molecule has 1 aromatic rings. The molecule has 0 saturated heterocycles. The first-order valence-electron chi connectivity index (χ1n) is 6.90. The molecule has 3 heteroatoms. The topological polar surface area (TPSA) is 38.5 Å². The van der Waals surface area contributed by atoms with E-state index in [4.69, 9.17) is 10.5 Å². The average Bonchev–Trinajstić information content (AvgIpc) is 2.28. The van der Waals surface area contributed by atoms with Gasteiger partial charge in [-0.15, -0.1) is 0 Å². The molecule has 0 aliphatic carbocycles. The third kappa shape index (κ3) is 5.21. The van der Waals surface area contributed by atoms with Gasteiger partial charge in [-0.05, 0) is 38.4 Å². The number of nitrogens with two attached hydrogens (primary N) is 1. The van der Waals surface area contributed by atoms with Gasteiger partial charge >= 0.3 is 0 Å². The first kappa shape index (κ1) is 16.0. The highest BCUT2D eigenvalue weighted by atomic mass is 16.5. The van der Waals surface area contributed by atoms with Crippen LogP contribution in [0.3, 0.4) is 0 Å². The van der Waals surface area contributed by atoms with Gasteiger partial charge in [0.25, 0.3) is 0 Å². The first-order chi connectivity index (χ1) is 8.88. The van der Waals surface area contributed by atoms with E-state index in [1.165, 1.54) is 11.1 Å². The number of benzene rings is 1. The molecule has 1 aromatic carbocycles. The molecule has 1 rings (SSSR count). The van der Waals surface area contributed by atoms with Gasteiger partial charge in [-0.3, -0.25) is 0 Å². The second-order valence-corrected chi connectivity index (χ2v) is 6.19. The van der Waals surface area contributed by atoms with Crippen molar-refractivity contribution >= 4 is 0 Å². The van der Waals surface area contributed by atoms with Crippen molar-refractivity contribution in [2.75, 3.05) is 27.2 Å². The van der Waals surface area contributed by atoms with Crippen molar-refractivity contribution in [2.24, 2.45) is 11.1 Å². The Bertz CT molecular complexity index is 402. The Labute approximate surface area is 117 Å². The molecule has 0 bridgehead atoms. The number of rotatable bonds is 7. The minimum Gasteiger partial charge on any atom is -0.496 e. The molecule has 0 amide bonds. The smallest absolute Gasteiger partial charge is 0.123 e. The molecule has 0 heterocycles. The minimum absolute atomic E-state index is 0.251. The van der Waals surface area contributed by atoms with E-state index >= 15 is 0 Å². The van der Waals surface area contributed by atoms with E-state index in [1.807, 2.05) is 6.07 Å². The lowest BCUT2D eigenvalue weighted by Gasteiger charge is -2.30. The van der Waals surface area contributed by atoms with Gasteiger partial charge in [0.2, 0.25) is 0 Å². The van der Waals surface area contributed by atoms with E-state index in [-0.39, 0.29) is 5.41 Å². The van der Waals surface area contributed by atoms with Crippen molar-refractivity contribution in [2.45, 2.75) is 33.7 Å². The van der Waals surface area contributed by atoms with Gasteiger partial charge in [-0.25, -0.2) is 0 Å². The number of hydrogen-bond acceptors (Lipinski definition) is 3. The maximum atomic E-state index is 5.67. The van der Waals surface area contributed by atoms with Crippen LogP contribution in [0.15, 0.2) is 18.2 Å². The molecule has 108 valence electrons. The highest BCUT2D eigenvalue weighted by Gasteiger charge is 2.19. The van der Waals surface area contributed by atoms with Gasteiger partial charge in [-0.1, -0.05) is 31.5 Å². The molecule has 0 aromatic heterocycles. The maximum Gasteiger partial charge on any atom is 0.123 e. The Morgan fingerprint density at radius 3 is 2.58 bits per heavy atom. The lowest BCUT2D eigenvalue weighted by molar-refractivity contribution is 0.193. The first-order valence-corrected chi connectivity index (χ1v) is 6.90. The largest absolute Gasteiger partial charge is 0.496 e. The van der Waals surface area contributed by atoms with Crippen molar-refractivity contribution in [3.63, 3.8) is 0 Å². The van der Waals surface area contributed by atoms with Crippen LogP contribution in [0.4, 0.5) is 0 Å². The van der Waals surface area contributed by atoms with Gasteiger partial charge in [0.1, 0.15) is 5.75 Å². The van der Waals surface area contributed by atoms with E-state index in [0.717, 1.165) is 31.8 Å². The fraction of sp³-hybridized carbons (Fsp3) is 0.625. The van der Waals surface area contributed by atoms with E-state index in [2.05, 4.69) is 44.9 Å². The third-order valence-electron chi connectivity index (χ3n) is 3.40. The highest BCUT2D eigenvalue weighted by Crippen LogP contribution is 2.24. The number of aryl methyl sites for hydroxylation is 1. The van der Waals surface area contributed by atoms with Crippen LogP contribution in [-0.4, -0.2) is 32.1 Å². The Morgan fingerprint density at radius 2 is 2.00 bits per heavy atom. The van der Waals surface area contributed by atoms with Crippen LogP contribution < -0.4 is 10.5 Å². The Balaban J connectivity index is 2.71. The summed E-state index contributed by atoms with van der Waals surface area (Å²) in [5, 5.41) is 0. The normalized spacial score (nSPS) is 11.9. The number of ether oxygens (including phenoxy) is 1. The second-order valence-electron chi connectivity index (χ2n) is 6.19. The fourth-order valence-corrected chi connectivity index (χ4v) is 2.58. The van der Waals surface area contributed by atoms with E-state index < -0.39 is 0 Å². The lowest BCUT2D eigenvalue weighted by Crippen LogP contribution is -2.32. The fourth-order valence-electron chi connectivity index (χ4n) is 2.58. The van der Waals surface area contributed by atoms with Crippen molar-refractivity contribution in [3.8, 4) is 5.75 Å². The molecule has 19 heavy (non-hydrogen) atoms. The molecule has 0 radical (unpaired) electrons. The SMILES string of the molecule is COc1ccc(C)cc1CN(C)CC(C)(C)CCN. The summed E-state index contributed by atoms with van der Waals surface area (Å²) in [6.45, 7) is 9.32. The summed E-state index contributed by atoms with van der Waals surface area (Å²) in [6.07, 6.45) is 1.04. The summed E-state index contributed by atoms with van der Waals surface area (Å²) >= 11 is 0. The molecule has 0 saturated carbocycles. The van der Waals surface area contributed by atoms with Crippen LogP contribution in [0.2, 0.25) is 0 Å². The van der Waals surface area contributed by atoms with Crippen LogP contribution in [0.25, 0.3) is 0 Å². The zero-order chi connectivity index (χ0) is 14.5. The Hall–Kier alpha value is -1.06. The monoisotopic (exact) mass is 264 g/mol. The van der Waals surface area contributed by atoms with Gasteiger partial charge in [0, 0.05) is 18.7 Å². The molecule has 2 N–H and O–H groups in total. The third-order valence-corrected chi connectivity index (χ3v) is 3.40. The average molecular weight is 264 g/mol. The van der Waals surface area contributed by atoms with Crippen molar-refractivity contribution in [1.82, 2.24) is 4.90 Å². The second kappa shape index (κ2) is 6.92. The zero-order valence-corrected chi connectivity index (χ0v) is 13.0. The highest BCUT2D eigenvalue weighted by molar-refractivity contribution is 5.36. The van der Waals surface area contributed by atoms with Crippen molar-refractivity contribution in [3.05, 3.63) is 29.3 Å². The van der Waals surface area contributed by atoms with Crippen LogP contribution in [0.5, 0.6) is 5.75 Å². The summed E-state index contributed by atoms with van der Waals surface area (Å²) in [5.74, 6) is 0.967. The van der Waals surface area contributed by atoms with E-state index in [0.29, 0.717) is 0 Å². The molecular weight excluding hydrogens is 236 g/mol. The minimum atomic E-state index is 0.251. The van der Waals surface area contributed by atoms with Gasteiger partial charge in [-0.2, -0.15) is 0 Å². The van der Waals surface area contributed by atoms with Crippen molar-refractivity contribution < 1.29 is 4.74 Å². The molecule has 0 aliphatic heterocycles. The molecule has 0 unspecified atom stereocenters. The van der Waals surface area contributed by atoms with Gasteiger partial charge in [0.05, 0.1) is 7.11 Å². The number of methoxy groups -OCH3 is 1. The van der Waals surface area contributed by atoms with Crippen LogP contribution in [0, 0.1) is 12.3 Å². The predicted molar refractivity (Wildman–Crippen MR) is 81.5 cm³/mol. The van der Waals surface area contributed by atoms with Crippen LogP contribution in [-0.2, 0) is 6.54 Å². The number of hydrogen-bond donors (Lipinski definition) is 1. The van der Waals surface area contributed by atoms with Crippen molar-refractivity contribution in [1.29, 1.82) is 0 Å².